The second-order valence-electron chi connectivity index (χ2n) is 29.2. The quantitative estimate of drug-likeness (QED) is 0.0302. The van der Waals surface area contributed by atoms with E-state index in [-0.39, 0.29) is 31.5 Å². The summed E-state index contributed by atoms with van der Waals surface area (Å²) in [5.41, 5.74) is 22.0. The normalized spacial score (nSPS) is 15.3. The molecule has 8 heterocycles. The third-order valence-corrected chi connectivity index (χ3v) is 19.6. The Morgan fingerprint density at radius 2 is 0.948 bits per heavy atom. The predicted octanol–water partition coefficient (Wildman–Crippen LogP) is 20.0. The third kappa shape index (κ3) is 18.5. The molecule has 3 aliphatic heterocycles. The van der Waals surface area contributed by atoms with E-state index >= 15 is 0 Å². The molecule has 3 unspecified atom stereocenters. The van der Waals surface area contributed by atoms with Gasteiger partial charge in [-0.1, -0.05) is 90.7 Å². The van der Waals surface area contributed by atoms with Crippen molar-refractivity contribution in [1.82, 2.24) is 54.8 Å². The molecule has 3 atom stereocenters. The maximum absolute atomic E-state index is 12.9. The van der Waals surface area contributed by atoms with Gasteiger partial charge in [0.1, 0.15) is 51.5 Å². The van der Waals surface area contributed by atoms with Gasteiger partial charge in [0, 0.05) is 83.8 Å². The number of likely N-dealkylation sites (tertiary alicyclic amines) is 2. The van der Waals surface area contributed by atoms with Gasteiger partial charge in [-0.25, -0.2) is 14.4 Å². The average molecular weight is 1560 g/mol. The first-order chi connectivity index (χ1) is 55.7. The Bertz CT molecular complexity index is 5890. The van der Waals surface area contributed by atoms with Crippen molar-refractivity contribution in [2.24, 2.45) is 5.16 Å². The Balaban J connectivity index is 0.000000147. The van der Waals surface area contributed by atoms with Crippen molar-refractivity contribution < 1.29 is 52.3 Å². The van der Waals surface area contributed by atoms with E-state index in [4.69, 9.17) is 71.3 Å². The highest BCUT2D eigenvalue weighted by Gasteiger charge is 2.33. The highest BCUT2D eigenvalue weighted by Crippen LogP contribution is 2.43. The highest BCUT2D eigenvalue weighted by atomic mass is 16.6. The van der Waals surface area contributed by atoms with Crippen LogP contribution in [-0.4, -0.2) is 123 Å². The summed E-state index contributed by atoms with van der Waals surface area (Å²) >= 11 is 0. The van der Waals surface area contributed by atoms with Crippen LogP contribution in [0.3, 0.4) is 0 Å². The van der Waals surface area contributed by atoms with Crippen LogP contribution < -0.4 is 35.8 Å². The topological polar surface area (TPSA) is 310 Å². The number of ether oxygens (including phenoxy) is 4. The summed E-state index contributed by atoms with van der Waals surface area (Å²) in [4.78, 5) is 47.4. The van der Waals surface area contributed by atoms with Crippen molar-refractivity contribution in [1.29, 1.82) is 0 Å². The van der Waals surface area contributed by atoms with E-state index in [2.05, 4.69) is 43.5 Å². The van der Waals surface area contributed by atoms with Crippen LogP contribution in [0, 0.1) is 6.57 Å². The number of carboxylic acids is 1. The second kappa shape index (κ2) is 35.7. The van der Waals surface area contributed by atoms with Crippen LogP contribution in [0.25, 0.3) is 93.3 Å². The third-order valence-electron chi connectivity index (χ3n) is 19.6. The molecule has 17 rings (SSSR count). The summed E-state index contributed by atoms with van der Waals surface area (Å²) < 4.78 is 40.5. The number of nitrogens with one attached hydrogen (secondary N) is 1. The van der Waals surface area contributed by atoms with Crippen LogP contribution >= 0.6 is 0 Å². The zero-order valence-corrected chi connectivity index (χ0v) is 64.4. The molecule has 9 aromatic carbocycles. The molecule has 6 N–H and O–H groups in total. The maximum Gasteiger partial charge on any atom is 0.410 e. The number of carbonyl (C=O) groups is 3. The van der Waals surface area contributed by atoms with E-state index in [0.717, 1.165) is 176 Å². The Hall–Kier alpha value is -14.1. The summed E-state index contributed by atoms with van der Waals surface area (Å²) in [6.07, 6.45) is 7.55. The lowest BCUT2D eigenvalue weighted by molar-refractivity contribution is -0.131. The van der Waals surface area contributed by atoms with Gasteiger partial charge < -0.3 is 64.5 Å². The number of rotatable bonds is 16. The van der Waals surface area contributed by atoms with Gasteiger partial charge in [0.05, 0.1) is 63.4 Å². The van der Waals surface area contributed by atoms with Crippen molar-refractivity contribution in [2.75, 3.05) is 50.7 Å². The maximum atomic E-state index is 12.9. The van der Waals surface area contributed by atoms with E-state index in [1.165, 1.54) is 6.08 Å². The Kier molecular flexibility index (Phi) is 24.7. The molecule has 3 fully saturated rings. The number of amides is 2. The fourth-order valence-corrected chi connectivity index (χ4v) is 14.2. The van der Waals surface area contributed by atoms with Gasteiger partial charge in [0.15, 0.2) is 28.6 Å². The molecule has 26 heteroatoms. The van der Waals surface area contributed by atoms with Crippen molar-refractivity contribution in [3.8, 4) is 74.0 Å². The molecule has 0 spiro atoms. The summed E-state index contributed by atoms with van der Waals surface area (Å²) in [7, 11) is 0. The summed E-state index contributed by atoms with van der Waals surface area (Å²) in [5.74, 6) is 4.63. The lowest BCUT2D eigenvalue weighted by atomic mass is 10.0. The zero-order valence-electron chi connectivity index (χ0n) is 64.4. The number of nitrogens with zero attached hydrogens (tertiary/aromatic N) is 12. The number of anilines is 2. The first-order valence-electron chi connectivity index (χ1n) is 38.0. The van der Waals surface area contributed by atoms with Gasteiger partial charge in [0.25, 0.3) is 0 Å². The average Bonchev–Trinajstić information content (AvgIpc) is 1.59. The molecule has 2 amide bonds. The van der Waals surface area contributed by atoms with Gasteiger partial charge in [-0.05, 0) is 219 Å². The molecule has 0 bridgehead atoms. The van der Waals surface area contributed by atoms with Gasteiger partial charge in [-0.3, -0.25) is 18.8 Å². The lowest BCUT2D eigenvalue weighted by Crippen LogP contribution is -2.43. The van der Waals surface area contributed by atoms with Crippen molar-refractivity contribution >= 4 is 95.7 Å². The number of nitrogens with two attached hydrogens (primary N) is 2. The largest absolute Gasteiger partial charge is 0.478 e. The predicted molar refractivity (Wildman–Crippen MR) is 452 cm³/mol. The molecule has 3 aliphatic rings. The number of para-hydroxylation sites is 3. The van der Waals surface area contributed by atoms with E-state index in [9.17, 15) is 14.4 Å². The van der Waals surface area contributed by atoms with Crippen LogP contribution in [-0.2, 0) is 14.3 Å². The lowest BCUT2D eigenvalue weighted by Gasteiger charge is -2.34. The van der Waals surface area contributed by atoms with Gasteiger partial charge in [-0.2, -0.15) is 15.3 Å². The smallest absolute Gasteiger partial charge is 0.410 e. The summed E-state index contributed by atoms with van der Waals surface area (Å²) in [6.45, 7) is 28.0. The van der Waals surface area contributed by atoms with E-state index in [1.54, 1.807) is 11.0 Å². The monoisotopic (exact) mass is 1560 g/mol. The van der Waals surface area contributed by atoms with E-state index in [1.807, 2.05) is 243 Å². The van der Waals surface area contributed by atoms with Gasteiger partial charge in [0.2, 0.25) is 11.6 Å². The second-order valence-corrected chi connectivity index (χ2v) is 29.2. The highest BCUT2D eigenvalue weighted by molar-refractivity contribution is 6.06. The molecule has 26 nitrogen and oxygen atoms in total. The summed E-state index contributed by atoms with van der Waals surface area (Å²) in [5, 5.41) is 42.6. The Morgan fingerprint density at radius 3 is 1.34 bits per heavy atom. The number of oxime groups is 1. The molecular formula is C90H91N15O11. The number of aromatic nitrogens is 8. The number of carbonyl (C=O) groups excluding carboxylic acids is 2. The van der Waals surface area contributed by atoms with Gasteiger partial charge >= 0.3 is 12.1 Å². The molecule has 5 aromatic heterocycles. The van der Waals surface area contributed by atoms with Crippen LogP contribution in [0.1, 0.15) is 98.7 Å². The molecule has 0 aliphatic carbocycles. The number of carboxylic acid groups (broad SMARTS) is 1. The standard InChI is InChI=1S/C33H35N5O4.C28H25N5O3.C25H23N5O2.C3H4O2.CH4/c1-22(2)36-42-30-20-29-27(19-28(30)34-6)31(23-14-16-26(17-15-23)40-25-12-8-7-9-13-25)35-38(29)24-11-10-18-37(21-24)32(39)41-33(3,4)5;1-2-26(34)32-14-6-7-19(17-32)33-24-16-25-23(28(29)31-36-25)15-22(24)27(30-33)18-10-12-21(13-11-18)35-20-8-4-3-5-9-20;26-25-21-13-20-22(14-23(21)32-29-25)30(17-5-4-12-27-15-17)28-24(20)16-8-10-19(11-9-16)31-18-6-2-1-3-7-18;1-2-3(4)5;/h7-9,12-17,19-20,24H,10-11,18,21H2,1-5H3;2-5,8-13,15-16,19H,1,6-7,14,17H2,(H2,29,31);1-3,6-11,13-14,17,27H,4-5,12,15H2,(H2,26,29);2H,1H2,(H,4,5);1H4. The molecule has 592 valence electrons. The van der Waals surface area contributed by atoms with Crippen molar-refractivity contribution in [3.63, 3.8) is 0 Å². The molecule has 0 radical (unpaired) electrons. The number of benzene rings is 9. The minimum Gasteiger partial charge on any atom is -0.478 e. The van der Waals surface area contributed by atoms with Gasteiger partial charge in [-0.15, -0.1) is 0 Å². The number of nitrogen functional groups attached to an aromatic ring is 2. The summed E-state index contributed by atoms with van der Waals surface area (Å²) in [6, 6.07) is 64.5. The van der Waals surface area contributed by atoms with Crippen molar-refractivity contribution in [3.05, 3.63) is 237 Å². The fourth-order valence-electron chi connectivity index (χ4n) is 14.2. The van der Waals surface area contributed by atoms with Crippen molar-refractivity contribution in [2.45, 2.75) is 104 Å². The zero-order chi connectivity index (χ0) is 80.3. The molecule has 3 saturated heterocycles. The number of aliphatic carboxylic acids is 1. The minimum absolute atomic E-state index is 0. The van der Waals surface area contributed by atoms with E-state index in [0.29, 0.717) is 65.7 Å². The number of hydrogen-bond acceptors (Lipinski definition) is 19. The number of piperidine rings is 3. The molecular weight excluding hydrogens is 1470 g/mol. The SMILES string of the molecule is C.C=CC(=O)N1CCCC(n2nc(-c3ccc(Oc4ccccc4)cc3)c3cc4c(N)noc4cc32)C1.C=CC(=O)O.Nc1noc2cc3c(cc12)c(-c1ccc(Oc2ccccc2)cc1)nn3C1CCCNC1.[C-]#[N+]c1cc2c(-c3ccc(Oc4ccccc4)cc3)nn(C3CCCN(C(=O)OC(C)(C)C)C3)c2cc1ON=C(C)C. The van der Waals surface area contributed by atoms with Crippen LogP contribution in [0.5, 0.6) is 40.2 Å². The number of fused-ring (bicyclic) bond motifs is 5. The Morgan fingerprint density at radius 1 is 0.552 bits per heavy atom. The number of hydrogen-bond donors (Lipinski definition) is 4. The Labute approximate surface area is 670 Å². The fraction of sp³-hybridized carbons (Fsp3) is 0.244. The molecule has 116 heavy (non-hydrogen) atoms. The van der Waals surface area contributed by atoms with Crippen LogP contribution in [0.4, 0.5) is 22.1 Å². The first kappa shape index (κ1) is 80.0. The first-order valence-corrected chi connectivity index (χ1v) is 38.0. The van der Waals surface area contributed by atoms with E-state index < -0.39 is 11.6 Å². The molecule has 14 aromatic rings. The minimum atomic E-state index is -0.981. The van der Waals surface area contributed by atoms with Crippen LogP contribution in [0.2, 0.25) is 0 Å². The molecule has 0 saturated carbocycles. The van der Waals surface area contributed by atoms with Crippen LogP contribution in [0.15, 0.2) is 240 Å².